The number of fused-ring (bicyclic) bond motifs is 1. The summed E-state index contributed by atoms with van der Waals surface area (Å²) in [5, 5.41) is 0.566. The van der Waals surface area contributed by atoms with Gasteiger partial charge in [-0.1, -0.05) is 29.3 Å². The molecule has 1 unspecified atom stereocenters. The smallest absolute Gasteiger partial charge is 0.191 e. The van der Waals surface area contributed by atoms with Crippen LogP contribution in [0.4, 0.5) is 4.39 Å². The van der Waals surface area contributed by atoms with Crippen molar-refractivity contribution in [3.8, 4) is 0 Å². The van der Waals surface area contributed by atoms with E-state index in [1.807, 2.05) is 0 Å². The third-order valence-electron chi connectivity index (χ3n) is 3.99. The van der Waals surface area contributed by atoms with Crippen molar-refractivity contribution in [2.24, 2.45) is 0 Å². The van der Waals surface area contributed by atoms with Gasteiger partial charge in [0.25, 0.3) is 0 Å². The fourth-order valence-corrected chi connectivity index (χ4v) is 4.55. The number of carbonyl (C=O) groups is 1. The van der Waals surface area contributed by atoms with Crippen LogP contribution in [0.1, 0.15) is 23.1 Å². The SMILES string of the molecule is O=C1CCc2cc([S+](=O)([O-])Cc3ccc(Cl)c(Cl)c3)c(F)cc2C1. The number of rotatable bonds is 3. The standard InChI is InChI=1S/C17H13Cl2FO3S/c18-14-4-1-10(5-15(14)19)9-24(22,23)17-8-11-2-3-13(21)6-12(11)7-16(17)20/h1,4-5,7-8H,2-3,6,9H2. The highest BCUT2D eigenvalue weighted by Crippen LogP contribution is 2.31. The van der Waals surface area contributed by atoms with E-state index in [0.29, 0.717) is 34.6 Å². The second-order valence-electron chi connectivity index (χ2n) is 5.77. The Balaban J connectivity index is 1.96. The highest BCUT2D eigenvalue weighted by Gasteiger charge is 2.28. The van der Waals surface area contributed by atoms with Gasteiger partial charge in [-0.25, -0.2) is 4.39 Å². The van der Waals surface area contributed by atoms with Crippen LogP contribution >= 0.6 is 23.2 Å². The molecule has 1 atom stereocenters. The number of sulfone groups is 1. The van der Waals surface area contributed by atoms with Gasteiger partial charge in [0.15, 0.2) is 10.7 Å². The van der Waals surface area contributed by atoms with Gasteiger partial charge in [-0.2, -0.15) is 0 Å². The maximum atomic E-state index is 14.3. The summed E-state index contributed by atoms with van der Waals surface area (Å²) in [5.41, 5.74) is 1.71. The van der Waals surface area contributed by atoms with Crippen molar-refractivity contribution < 1.29 is 17.9 Å². The predicted molar refractivity (Wildman–Crippen MR) is 90.7 cm³/mol. The third kappa shape index (κ3) is 3.54. The molecule has 0 fully saturated rings. The molecule has 0 amide bonds. The van der Waals surface area contributed by atoms with Gasteiger partial charge in [-0.15, -0.1) is 4.21 Å². The molecule has 7 heteroatoms. The molecule has 0 N–H and O–H groups in total. The first-order chi connectivity index (χ1) is 11.3. The summed E-state index contributed by atoms with van der Waals surface area (Å²) in [6, 6.07) is 7.01. The van der Waals surface area contributed by atoms with E-state index in [0.717, 1.165) is 6.07 Å². The van der Waals surface area contributed by atoms with Crippen LogP contribution in [-0.4, -0.2) is 10.3 Å². The Bertz CT molecular complexity index is 882. The highest BCUT2D eigenvalue weighted by molar-refractivity contribution is 7.96. The van der Waals surface area contributed by atoms with E-state index < -0.39 is 16.0 Å². The van der Waals surface area contributed by atoms with Gasteiger partial charge in [0.1, 0.15) is 11.5 Å². The first-order valence-electron chi connectivity index (χ1n) is 7.26. The molecule has 2 aromatic carbocycles. The normalized spacial score (nSPS) is 16.6. The molecule has 3 nitrogen and oxygen atoms in total. The van der Waals surface area contributed by atoms with Gasteiger partial charge >= 0.3 is 0 Å². The van der Waals surface area contributed by atoms with Gasteiger partial charge < -0.3 is 4.55 Å². The zero-order valence-electron chi connectivity index (χ0n) is 12.5. The maximum absolute atomic E-state index is 14.3. The third-order valence-corrected chi connectivity index (χ3v) is 6.43. The molecule has 0 spiro atoms. The molecule has 2 aromatic rings. The lowest BCUT2D eigenvalue weighted by Gasteiger charge is -2.20. The lowest BCUT2D eigenvalue weighted by Crippen LogP contribution is -2.19. The largest absolute Gasteiger partial charge is 0.610 e. The summed E-state index contributed by atoms with van der Waals surface area (Å²) in [4.78, 5) is 11.1. The van der Waals surface area contributed by atoms with Gasteiger partial charge in [-0.3, -0.25) is 4.79 Å². The summed E-state index contributed by atoms with van der Waals surface area (Å²) in [5.74, 6) is -1.17. The van der Waals surface area contributed by atoms with Crippen molar-refractivity contribution >= 4 is 39.2 Å². The predicted octanol–water partition coefficient (Wildman–Crippen LogP) is 4.38. The Kier molecular flexibility index (Phi) is 4.80. The fraction of sp³-hybridized carbons (Fsp3) is 0.235. The minimum atomic E-state index is -3.88. The molecule has 126 valence electrons. The van der Waals surface area contributed by atoms with Gasteiger partial charge in [0, 0.05) is 18.4 Å². The van der Waals surface area contributed by atoms with Gasteiger partial charge in [0.2, 0.25) is 0 Å². The van der Waals surface area contributed by atoms with E-state index in [1.165, 1.54) is 18.2 Å². The topological polar surface area (TPSA) is 57.2 Å². The van der Waals surface area contributed by atoms with Crippen LogP contribution in [0.5, 0.6) is 0 Å². The Labute approximate surface area is 150 Å². The summed E-state index contributed by atoms with van der Waals surface area (Å²) in [6.45, 7) is 0. The number of carbonyl (C=O) groups excluding carboxylic acids is 1. The van der Waals surface area contributed by atoms with E-state index in [9.17, 15) is 17.9 Å². The Morgan fingerprint density at radius 1 is 1.08 bits per heavy atom. The number of ketones is 1. The average molecular weight is 387 g/mol. The summed E-state index contributed by atoms with van der Waals surface area (Å²) in [6.07, 6.45) is 0.939. The van der Waals surface area contributed by atoms with Crippen LogP contribution in [0.25, 0.3) is 0 Å². The molecule has 1 aliphatic rings. The Morgan fingerprint density at radius 2 is 1.83 bits per heavy atom. The van der Waals surface area contributed by atoms with E-state index >= 15 is 0 Å². The summed E-state index contributed by atoms with van der Waals surface area (Å²) < 4.78 is 39.5. The first kappa shape index (κ1) is 17.5. The van der Waals surface area contributed by atoms with Crippen molar-refractivity contribution in [1.29, 1.82) is 0 Å². The zero-order valence-corrected chi connectivity index (χ0v) is 14.8. The molecule has 24 heavy (non-hydrogen) atoms. The van der Waals surface area contributed by atoms with Crippen LogP contribution in [0.3, 0.4) is 0 Å². The van der Waals surface area contributed by atoms with Crippen LogP contribution in [-0.2, 0) is 37.8 Å². The quantitative estimate of drug-likeness (QED) is 0.735. The molecule has 1 aliphatic carbocycles. The molecule has 0 aliphatic heterocycles. The molecule has 0 saturated carbocycles. The number of hydrogen-bond acceptors (Lipinski definition) is 3. The van der Waals surface area contributed by atoms with Crippen LogP contribution in [0.15, 0.2) is 35.2 Å². The lowest BCUT2D eigenvalue weighted by atomic mass is 9.91. The van der Waals surface area contributed by atoms with E-state index in [2.05, 4.69) is 0 Å². The summed E-state index contributed by atoms with van der Waals surface area (Å²) in [7, 11) is -3.88. The van der Waals surface area contributed by atoms with Gasteiger partial charge in [-0.05, 0) is 41.8 Å². The molecule has 0 saturated heterocycles. The number of benzene rings is 2. The molecule has 0 heterocycles. The van der Waals surface area contributed by atoms with Crippen LogP contribution in [0, 0.1) is 5.82 Å². The van der Waals surface area contributed by atoms with E-state index in [4.69, 9.17) is 23.2 Å². The maximum Gasteiger partial charge on any atom is 0.191 e. The van der Waals surface area contributed by atoms with E-state index in [-0.39, 0.29) is 27.9 Å². The van der Waals surface area contributed by atoms with Crippen LogP contribution < -0.4 is 0 Å². The minimum Gasteiger partial charge on any atom is -0.610 e. The lowest BCUT2D eigenvalue weighted by molar-refractivity contribution is -0.118. The average Bonchev–Trinajstić information content (AvgIpc) is 2.49. The second kappa shape index (κ2) is 6.56. The molecule has 0 bridgehead atoms. The van der Waals surface area contributed by atoms with Crippen molar-refractivity contribution in [2.75, 3.05) is 0 Å². The minimum absolute atomic E-state index is 0.0355. The van der Waals surface area contributed by atoms with Crippen LogP contribution in [0.2, 0.25) is 10.0 Å². The fourth-order valence-electron chi connectivity index (χ4n) is 2.77. The number of halogens is 3. The van der Waals surface area contributed by atoms with Crippen molar-refractivity contribution in [3.05, 3.63) is 62.9 Å². The number of hydrogen-bond donors (Lipinski definition) is 0. The zero-order chi connectivity index (χ0) is 17.5. The molecular formula is C17H13Cl2FO3S. The molecule has 3 rings (SSSR count). The second-order valence-corrected chi connectivity index (χ2v) is 8.55. The Morgan fingerprint density at radius 3 is 2.54 bits per heavy atom. The highest BCUT2D eigenvalue weighted by atomic mass is 35.5. The summed E-state index contributed by atoms with van der Waals surface area (Å²) >= 11 is 11.7. The van der Waals surface area contributed by atoms with Crippen molar-refractivity contribution in [1.82, 2.24) is 0 Å². The van der Waals surface area contributed by atoms with Crippen molar-refractivity contribution in [2.45, 2.75) is 29.9 Å². The Hall–Kier alpha value is -1.27. The number of aryl methyl sites for hydroxylation is 1. The van der Waals surface area contributed by atoms with E-state index in [1.54, 1.807) is 6.07 Å². The molecule has 0 aromatic heterocycles. The molecular weight excluding hydrogens is 374 g/mol. The van der Waals surface area contributed by atoms with Crippen molar-refractivity contribution in [3.63, 3.8) is 0 Å². The monoisotopic (exact) mass is 386 g/mol. The molecule has 0 radical (unpaired) electrons. The number of Topliss-reactive ketones (excluding diaryl/α,β-unsaturated/α-hetero) is 1. The first-order valence-corrected chi connectivity index (χ1v) is 9.67. The van der Waals surface area contributed by atoms with Gasteiger partial charge in [0.05, 0.1) is 20.3 Å².